The van der Waals surface area contributed by atoms with Crippen LogP contribution in [0.1, 0.15) is 28.8 Å². The molecule has 35 heavy (non-hydrogen) atoms. The van der Waals surface area contributed by atoms with Gasteiger partial charge in [-0.3, -0.25) is 9.69 Å². The zero-order valence-electron chi connectivity index (χ0n) is 19.9. The SMILES string of the molecule is Cc1cccc2sc(N3CCN(CCNC(=O)c4ccc(S(=O)(=O)N5CCCC5)cc4)CC3)nc12. The summed E-state index contributed by atoms with van der Waals surface area (Å²) in [5.41, 5.74) is 2.78. The quantitative estimate of drug-likeness (QED) is 0.523. The molecule has 2 aromatic carbocycles. The van der Waals surface area contributed by atoms with Crippen molar-refractivity contribution in [3.05, 3.63) is 53.6 Å². The third kappa shape index (κ3) is 5.20. The fourth-order valence-corrected chi connectivity index (χ4v) is 7.27. The molecular weight excluding hydrogens is 482 g/mol. The van der Waals surface area contributed by atoms with E-state index in [1.807, 2.05) is 0 Å². The Morgan fingerprint density at radius 2 is 1.71 bits per heavy atom. The molecule has 0 atom stereocenters. The highest BCUT2D eigenvalue weighted by atomic mass is 32.2. The van der Waals surface area contributed by atoms with Crippen LogP contribution in [-0.4, -0.2) is 80.9 Å². The van der Waals surface area contributed by atoms with Crippen LogP contribution in [0.25, 0.3) is 10.2 Å². The fraction of sp³-hybridized carbons (Fsp3) is 0.440. The summed E-state index contributed by atoms with van der Waals surface area (Å²) < 4.78 is 28.0. The molecule has 2 fully saturated rings. The van der Waals surface area contributed by atoms with Crippen molar-refractivity contribution < 1.29 is 13.2 Å². The fourth-order valence-electron chi connectivity index (χ4n) is 4.66. The van der Waals surface area contributed by atoms with E-state index in [1.165, 1.54) is 26.7 Å². The lowest BCUT2D eigenvalue weighted by molar-refractivity contribution is 0.0947. The molecule has 2 saturated heterocycles. The first-order valence-corrected chi connectivity index (χ1v) is 14.4. The van der Waals surface area contributed by atoms with Crippen molar-refractivity contribution in [2.24, 2.45) is 0 Å². The second kappa shape index (κ2) is 10.2. The number of sulfonamides is 1. The Hall–Kier alpha value is -2.53. The number of rotatable bonds is 7. The first-order chi connectivity index (χ1) is 16.9. The van der Waals surface area contributed by atoms with E-state index in [2.05, 4.69) is 40.2 Å². The van der Waals surface area contributed by atoms with Gasteiger partial charge < -0.3 is 10.2 Å². The molecule has 0 radical (unpaired) electrons. The van der Waals surface area contributed by atoms with Gasteiger partial charge in [0.05, 0.1) is 15.1 Å². The minimum absolute atomic E-state index is 0.182. The molecule has 1 N–H and O–H groups in total. The Morgan fingerprint density at radius 3 is 2.40 bits per heavy atom. The lowest BCUT2D eigenvalue weighted by Gasteiger charge is -2.34. The molecule has 0 spiro atoms. The van der Waals surface area contributed by atoms with E-state index in [0.29, 0.717) is 25.2 Å². The Balaban J connectivity index is 1.08. The summed E-state index contributed by atoms with van der Waals surface area (Å²) in [5, 5.41) is 4.04. The largest absolute Gasteiger partial charge is 0.351 e. The van der Waals surface area contributed by atoms with Gasteiger partial charge in [-0.1, -0.05) is 23.5 Å². The normalized spacial score (nSPS) is 17.8. The lowest BCUT2D eigenvalue weighted by Crippen LogP contribution is -2.48. The van der Waals surface area contributed by atoms with E-state index < -0.39 is 10.0 Å². The van der Waals surface area contributed by atoms with Crippen LogP contribution in [0.15, 0.2) is 47.4 Å². The van der Waals surface area contributed by atoms with E-state index in [0.717, 1.165) is 56.2 Å². The van der Waals surface area contributed by atoms with Crippen LogP contribution in [0.2, 0.25) is 0 Å². The van der Waals surface area contributed by atoms with Crippen molar-refractivity contribution in [1.29, 1.82) is 0 Å². The maximum atomic E-state index is 12.6. The van der Waals surface area contributed by atoms with E-state index >= 15 is 0 Å². The molecule has 10 heteroatoms. The number of nitrogens with zero attached hydrogens (tertiary/aromatic N) is 4. The second-order valence-electron chi connectivity index (χ2n) is 9.14. The summed E-state index contributed by atoms with van der Waals surface area (Å²) >= 11 is 1.75. The number of benzene rings is 2. The maximum Gasteiger partial charge on any atom is 0.251 e. The Morgan fingerprint density at radius 1 is 1.00 bits per heavy atom. The average Bonchev–Trinajstić information content (AvgIpc) is 3.56. The van der Waals surface area contributed by atoms with E-state index in [1.54, 1.807) is 23.5 Å². The molecule has 2 aliphatic rings. The van der Waals surface area contributed by atoms with Crippen molar-refractivity contribution in [2.45, 2.75) is 24.7 Å². The highest BCUT2D eigenvalue weighted by Gasteiger charge is 2.27. The molecular formula is C25H31N5O3S2. The standard InChI is InChI=1S/C25H31N5O3S2/c1-19-5-4-6-22-23(19)27-25(34-22)29-17-15-28(16-18-29)14-11-26-24(31)20-7-9-21(10-8-20)35(32,33)30-12-2-3-13-30/h4-10H,2-3,11-18H2,1H3,(H,26,31). The summed E-state index contributed by atoms with van der Waals surface area (Å²) in [6.45, 7) is 8.25. The monoisotopic (exact) mass is 513 g/mol. The molecule has 3 aromatic rings. The molecule has 3 heterocycles. The minimum atomic E-state index is -3.46. The third-order valence-electron chi connectivity index (χ3n) is 6.79. The number of fused-ring (bicyclic) bond motifs is 1. The summed E-state index contributed by atoms with van der Waals surface area (Å²) in [6, 6.07) is 12.6. The summed E-state index contributed by atoms with van der Waals surface area (Å²) in [4.78, 5) is 22.3. The first-order valence-electron chi connectivity index (χ1n) is 12.1. The summed E-state index contributed by atoms with van der Waals surface area (Å²) in [6.07, 6.45) is 1.80. The van der Waals surface area contributed by atoms with Gasteiger partial charge in [0.1, 0.15) is 0 Å². The van der Waals surface area contributed by atoms with Crippen LogP contribution in [0, 0.1) is 6.92 Å². The van der Waals surface area contributed by atoms with E-state index in [9.17, 15) is 13.2 Å². The highest BCUT2D eigenvalue weighted by molar-refractivity contribution is 7.89. The number of anilines is 1. The van der Waals surface area contributed by atoms with E-state index in [4.69, 9.17) is 4.98 Å². The molecule has 186 valence electrons. The molecule has 0 saturated carbocycles. The molecule has 0 unspecified atom stereocenters. The minimum Gasteiger partial charge on any atom is -0.351 e. The molecule has 1 amide bonds. The van der Waals surface area contributed by atoms with Gasteiger partial charge in [0.15, 0.2) is 5.13 Å². The van der Waals surface area contributed by atoms with Crippen molar-refractivity contribution >= 4 is 42.6 Å². The van der Waals surface area contributed by atoms with Crippen LogP contribution in [0.4, 0.5) is 5.13 Å². The average molecular weight is 514 g/mol. The van der Waals surface area contributed by atoms with Gasteiger partial charge in [-0.05, 0) is 55.7 Å². The number of thiazole rings is 1. The van der Waals surface area contributed by atoms with Crippen LogP contribution in [0.3, 0.4) is 0 Å². The summed E-state index contributed by atoms with van der Waals surface area (Å²) in [5.74, 6) is -0.182. The lowest BCUT2D eigenvalue weighted by atomic mass is 10.2. The number of piperazine rings is 1. The van der Waals surface area contributed by atoms with Gasteiger partial charge in [-0.25, -0.2) is 13.4 Å². The number of para-hydroxylation sites is 1. The van der Waals surface area contributed by atoms with Crippen molar-refractivity contribution in [2.75, 3.05) is 57.3 Å². The number of amides is 1. The van der Waals surface area contributed by atoms with Gasteiger partial charge in [0, 0.05) is 57.9 Å². The predicted molar refractivity (Wildman–Crippen MR) is 140 cm³/mol. The molecule has 1 aromatic heterocycles. The molecule has 0 aliphatic carbocycles. The number of carbonyl (C=O) groups is 1. The van der Waals surface area contributed by atoms with E-state index in [-0.39, 0.29) is 10.8 Å². The van der Waals surface area contributed by atoms with Crippen LogP contribution < -0.4 is 10.2 Å². The number of aromatic nitrogens is 1. The molecule has 0 bridgehead atoms. The van der Waals surface area contributed by atoms with Gasteiger partial charge in [0.2, 0.25) is 10.0 Å². The zero-order chi connectivity index (χ0) is 24.4. The van der Waals surface area contributed by atoms with Crippen LogP contribution in [-0.2, 0) is 10.0 Å². The smallest absolute Gasteiger partial charge is 0.251 e. The molecule has 2 aliphatic heterocycles. The number of hydrogen-bond donors (Lipinski definition) is 1. The Kier molecular flexibility index (Phi) is 7.06. The first kappa shape index (κ1) is 24.2. The molecule has 5 rings (SSSR count). The molecule has 8 nitrogen and oxygen atoms in total. The number of hydrogen-bond acceptors (Lipinski definition) is 7. The highest BCUT2D eigenvalue weighted by Crippen LogP contribution is 2.31. The number of carbonyl (C=O) groups excluding carboxylic acids is 1. The van der Waals surface area contributed by atoms with Crippen LogP contribution >= 0.6 is 11.3 Å². The predicted octanol–water partition coefficient (Wildman–Crippen LogP) is 2.94. The zero-order valence-corrected chi connectivity index (χ0v) is 21.6. The number of aryl methyl sites for hydroxylation is 1. The maximum absolute atomic E-state index is 12.6. The van der Waals surface area contributed by atoms with Crippen molar-refractivity contribution in [3.63, 3.8) is 0 Å². The number of nitrogens with one attached hydrogen (secondary N) is 1. The van der Waals surface area contributed by atoms with Gasteiger partial charge in [-0.15, -0.1) is 0 Å². The second-order valence-corrected chi connectivity index (χ2v) is 12.1. The third-order valence-corrected chi connectivity index (χ3v) is 9.78. The Bertz CT molecular complexity index is 1290. The van der Waals surface area contributed by atoms with Crippen LogP contribution in [0.5, 0.6) is 0 Å². The van der Waals surface area contributed by atoms with Crippen molar-refractivity contribution in [1.82, 2.24) is 19.5 Å². The van der Waals surface area contributed by atoms with Crippen molar-refractivity contribution in [3.8, 4) is 0 Å². The Labute approximate surface area is 210 Å². The van der Waals surface area contributed by atoms with Gasteiger partial charge in [-0.2, -0.15) is 4.31 Å². The topological polar surface area (TPSA) is 85.8 Å². The summed E-state index contributed by atoms with van der Waals surface area (Å²) in [7, 11) is -3.46. The van der Waals surface area contributed by atoms with Gasteiger partial charge in [0.25, 0.3) is 5.91 Å². The van der Waals surface area contributed by atoms with Gasteiger partial charge >= 0.3 is 0 Å².